The number of anilines is 1. The second-order valence-corrected chi connectivity index (χ2v) is 6.95. The number of nitriles is 1. The Kier molecular flexibility index (Phi) is 5.05. The van der Waals surface area contributed by atoms with Crippen LogP contribution in [0.4, 0.5) is 18.9 Å². The van der Waals surface area contributed by atoms with Gasteiger partial charge in [-0.05, 0) is 18.2 Å². The Bertz CT molecular complexity index is 1410. The number of nitrogens with one attached hydrogen (secondary N) is 3. The molecule has 1 atom stereocenters. The molecule has 1 fully saturated rings. The number of H-pyrrole nitrogens is 3. The molecule has 164 valence electrons. The topological polar surface area (TPSA) is 148 Å². The van der Waals surface area contributed by atoms with E-state index in [9.17, 15) is 27.6 Å². The van der Waals surface area contributed by atoms with Crippen LogP contribution in [0.3, 0.4) is 0 Å². The first-order chi connectivity index (χ1) is 15.2. The minimum atomic E-state index is -3.41. The summed E-state index contributed by atoms with van der Waals surface area (Å²) in [4.78, 5) is 40.7. The molecule has 1 aliphatic heterocycles. The van der Waals surface area contributed by atoms with Crippen molar-refractivity contribution in [1.29, 1.82) is 5.26 Å². The lowest BCUT2D eigenvalue weighted by molar-refractivity contribution is -0.0595. The lowest BCUT2D eigenvalue weighted by Crippen LogP contribution is -2.36. The molecule has 32 heavy (non-hydrogen) atoms. The molecule has 1 aliphatic rings. The van der Waals surface area contributed by atoms with Crippen molar-refractivity contribution < 1.29 is 17.9 Å². The highest BCUT2D eigenvalue weighted by Gasteiger charge is 2.50. The molecular weight excluding hydrogens is 433 g/mol. The highest BCUT2D eigenvalue weighted by molar-refractivity contribution is 5.62. The third kappa shape index (κ3) is 3.85. The fourth-order valence-corrected chi connectivity index (χ4v) is 3.25. The summed E-state index contributed by atoms with van der Waals surface area (Å²) in [6, 6.07) is 5.89. The van der Waals surface area contributed by atoms with Crippen molar-refractivity contribution in [3.05, 3.63) is 73.0 Å². The highest BCUT2D eigenvalue weighted by Crippen LogP contribution is 2.34. The molecule has 3 heterocycles. The predicted molar refractivity (Wildman–Crippen MR) is 104 cm³/mol. The van der Waals surface area contributed by atoms with E-state index >= 15 is 0 Å². The second-order valence-electron chi connectivity index (χ2n) is 6.95. The monoisotopic (exact) mass is 446 g/mol. The Hall–Kier alpha value is -4.34. The van der Waals surface area contributed by atoms with Gasteiger partial charge in [0.25, 0.3) is 11.1 Å². The van der Waals surface area contributed by atoms with Crippen molar-refractivity contribution in [1.82, 2.24) is 20.2 Å². The molecular formula is C19H13F3N6O4. The Morgan fingerprint density at radius 3 is 2.69 bits per heavy atom. The van der Waals surface area contributed by atoms with Gasteiger partial charge in [-0.25, -0.2) is 23.1 Å². The third-order valence-electron chi connectivity index (χ3n) is 4.82. The number of rotatable bonds is 4. The molecule has 1 aromatic carbocycles. The second kappa shape index (κ2) is 7.73. The maximum atomic E-state index is 14.6. The zero-order valence-corrected chi connectivity index (χ0v) is 16.0. The van der Waals surface area contributed by atoms with E-state index in [2.05, 4.69) is 15.2 Å². The van der Waals surface area contributed by atoms with Crippen LogP contribution in [0, 0.1) is 17.1 Å². The quantitative estimate of drug-likeness (QED) is 0.535. The summed E-state index contributed by atoms with van der Waals surface area (Å²) >= 11 is 0. The zero-order valence-electron chi connectivity index (χ0n) is 16.0. The number of alkyl halides is 2. The summed E-state index contributed by atoms with van der Waals surface area (Å²) in [6.45, 7) is -1.31. The molecule has 0 spiro atoms. The van der Waals surface area contributed by atoms with Gasteiger partial charge in [0.15, 0.2) is 6.10 Å². The first-order valence-electron chi connectivity index (χ1n) is 9.09. The van der Waals surface area contributed by atoms with Crippen molar-refractivity contribution in [2.75, 3.05) is 18.0 Å². The van der Waals surface area contributed by atoms with Crippen LogP contribution in [0.1, 0.15) is 5.56 Å². The molecule has 13 heteroatoms. The van der Waals surface area contributed by atoms with Gasteiger partial charge in [0.2, 0.25) is 0 Å². The minimum Gasteiger partial charge on any atom is -0.482 e. The summed E-state index contributed by atoms with van der Waals surface area (Å²) in [5.74, 6) is -4.52. The molecule has 0 aliphatic carbocycles. The molecule has 3 aromatic rings. The highest BCUT2D eigenvalue weighted by atomic mass is 19.3. The van der Waals surface area contributed by atoms with Crippen LogP contribution in [0.25, 0.3) is 11.3 Å². The van der Waals surface area contributed by atoms with Crippen LogP contribution in [0.15, 0.2) is 44.8 Å². The van der Waals surface area contributed by atoms with E-state index in [1.54, 1.807) is 6.07 Å². The minimum absolute atomic E-state index is 0.0565. The first-order valence-corrected chi connectivity index (χ1v) is 9.09. The lowest BCUT2D eigenvalue weighted by Gasteiger charge is -2.19. The first kappa shape index (κ1) is 20.9. The molecule has 0 saturated carbocycles. The Morgan fingerprint density at radius 2 is 2.00 bits per heavy atom. The van der Waals surface area contributed by atoms with Gasteiger partial charge in [-0.15, -0.1) is 0 Å². The molecule has 0 amide bonds. The van der Waals surface area contributed by atoms with Crippen LogP contribution in [-0.4, -0.2) is 45.3 Å². The van der Waals surface area contributed by atoms with E-state index in [0.717, 1.165) is 29.3 Å². The van der Waals surface area contributed by atoms with E-state index in [4.69, 9.17) is 10.00 Å². The van der Waals surface area contributed by atoms with Gasteiger partial charge < -0.3 is 14.6 Å². The molecule has 0 unspecified atom stereocenters. The SMILES string of the molecule is N#Cc1ccc(O[C@H]2CN(c3cc(-c4c[nH]c(=O)[nH]c4=O)n[nH]c3=O)CC2(F)F)cc1F. The number of nitrogens with zero attached hydrogens (tertiary/aromatic N) is 3. The van der Waals surface area contributed by atoms with Gasteiger partial charge in [-0.1, -0.05) is 0 Å². The molecule has 4 rings (SSSR count). The maximum absolute atomic E-state index is 14.6. The standard InChI is InChI=1S/C19H13F3N6O4/c20-12-3-10(2-1-9(12)5-23)32-15-7-28(8-19(15,21)22)14-4-13(26-27-17(14)30)11-6-24-18(31)25-16(11)29/h1-4,6,15H,7-8H2,(H,27,30)(H2,24,25,29,31)/t15-/m0/s1. The van der Waals surface area contributed by atoms with Crippen molar-refractivity contribution in [3.63, 3.8) is 0 Å². The number of ether oxygens (including phenoxy) is 1. The van der Waals surface area contributed by atoms with Gasteiger partial charge in [0, 0.05) is 12.3 Å². The van der Waals surface area contributed by atoms with Crippen LogP contribution < -0.4 is 26.4 Å². The Morgan fingerprint density at radius 1 is 1.22 bits per heavy atom. The molecule has 1 saturated heterocycles. The number of benzene rings is 1. The number of aromatic nitrogens is 4. The molecule has 0 radical (unpaired) electrons. The average Bonchev–Trinajstić information content (AvgIpc) is 3.03. The van der Waals surface area contributed by atoms with E-state index < -0.39 is 47.7 Å². The van der Waals surface area contributed by atoms with Gasteiger partial charge in [0.1, 0.15) is 23.3 Å². The summed E-state index contributed by atoms with van der Waals surface area (Å²) in [7, 11) is 0. The molecule has 0 bridgehead atoms. The van der Waals surface area contributed by atoms with Crippen LogP contribution in [-0.2, 0) is 0 Å². The summed E-state index contributed by atoms with van der Waals surface area (Å²) in [5.41, 5.74) is -2.91. The normalized spacial score (nSPS) is 17.2. The van der Waals surface area contributed by atoms with Crippen LogP contribution in [0.5, 0.6) is 5.75 Å². The van der Waals surface area contributed by atoms with E-state index in [-0.39, 0.29) is 28.3 Å². The number of hydrogen-bond donors (Lipinski definition) is 3. The maximum Gasteiger partial charge on any atom is 0.325 e. The Balaban J connectivity index is 1.63. The fraction of sp³-hybridized carbons (Fsp3) is 0.211. The average molecular weight is 446 g/mol. The largest absolute Gasteiger partial charge is 0.482 e. The summed E-state index contributed by atoms with van der Waals surface area (Å²) in [5, 5.41) is 14.6. The van der Waals surface area contributed by atoms with Gasteiger partial charge >= 0.3 is 11.6 Å². The number of halogens is 3. The van der Waals surface area contributed by atoms with Crippen molar-refractivity contribution in [2.24, 2.45) is 0 Å². The van der Waals surface area contributed by atoms with Gasteiger partial charge in [0.05, 0.1) is 29.9 Å². The smallest absolute Gasteiger partial charge is 0.325 e. The zero-order chi connectivity index (χ0) is 23.0. The number of hydrogen-bond acceptors (Lipinski definition) is 7. The fourth-order valence-electron chi connectivity index (χ4n) is 3.25. The summed E-state index contributed by atoms with van der Waals surface area (Å²) < 4.78 is 48.2. The van der Waals surface area contributed by atoms with E-state index in [1.807, 2.05) is 4.98 Å². The van der Waals surface area contributed by atoms with Gasteiger partial charge in [-0.2, -0.15) is 10.4 Å². The molecule has 2 aromatic heterocycles. The van der Waals surface area contributed by atoms with E-state index in [1.165, 1.54) is 6.07 Å². The van der Waals surface area contributed by atoms with Crippen molar-refractivity contribution >= 4 is 5.69 Å². The lowest BCUT2D eigenvalue weighted by atomic mass is 10.2. The summed E-state index contributed by atoms with van der Waals surface area (Å²) in [6.07, 6.45) is -0.641. The van der Waals surface area contributed by atoms with Crippen molar-refractivity contribution in [3.8, 4) is 23.1 Å². The molecule has 10 nitrogen and oxygen atoms in total. The van der Waals surface area contributed by atoms with Crippen LogP contribution in [0.2, 0.25) is 0 Å². The number of aromatic amines is 3. The van der Waals surface area contributed by atoms with Crippen molar-refractivity contribution in [2.45, 2.75) is 12.0 Å². The van der Waals surface area contributed by atoms with Crippen LogP contribution >= 0.6 is 0 Å². The van der Waals surface area contributed by atoms with E-state index in [0.29, 0.717) is 0 Å². The predicted octanol–water partition coefficient (Wildman–Crippen LogP) is 0.727. The third-order valence-corrected chi connectivity index (χ3v) is 4.82. The molecule has 3 N–H and O–H groups in total. The van der Waals surface area contributed by atoms with Gasteiger partial charge in [-0.3, -0.25) is 14.6 Å². The Labute approximate surface area is 175 Å².